The van der Waals surface area contributed by atoms with Crippen molar-refractivity contribution in [3.8, 4) is 0 Å². The molecule has 28 heavy (non-hydrogen) atoms. The molecule has 2 aromatic rings. The highest BCUT2D eigenvalue weighted by molar-refractivity contribution is 6.36. The molecule has 0 radical (unpaired) electrons. The normalized spacial score (nSPS) is 11.4. The van der Waals surface area contributed by atoms with Crippen LogP contribution in [0.4, 0.5) is 4.79 Å². The van der Waals surface area contributed by atoms with E-state index >= 15 is 0 Å². The van der Waals surface area contributed by atoms with Gasteiger partial charge in [-0.05, 0) is 23.3 Å². The van der Waals surface area contributed by atoms with E-state index in [4.69, 9.17) is 27.9 Å². The molecule has 0 fully saturated rings. The number of rotatable bonds is 8. The zero-order valence-corrected chi connectivity index (χ0v) is 16.2. The van der Waals surface area contributed by atoms with Crippen molar-refractivity contribution in [2.24, 2.45) is 0 Å². The zero-order valence-electron chi connectivity index (χ0n) is 14.7. The van der Waals surface area contributed by atoms with E-state index in [2.05, 4.69) is 10.6 Å². The summed E-state index contributed by atoms with van der Waals surface area (Å²) in [5.74, 6) is -1.94. The number of amides is 2. The van der Waals surface area contributed by atoms with Gasteiger partial charge >= 0.3 is 12.1 Å². The molecule has 0 aromatic heterocycles. The Bertz CT molecular complexity index is 825. The van der Waals surface area contributed by atoms with Gasteiger partial charge in [0.05, 0.1) is 0 Å². The molecule has 2 amide bonds. The van der Waals surface area contributed by atoms with E-state index in [0.717, 1.165) is 5.56 Å². The van der Waals surface area contributed by atoms with Gasteiger partial charge in [0.15, 0.2) is 0 Å². The first-order valence-corrected chi connectivity index (χ1v) is 9.02. The van der Waals surface area contributed by atoms with E-state index in [1.54, 1.807) is 42.5 Å². The summed E-state index contributed by atoms with van der Waals surface area (Å²) in [6, 6.07) is 12.6. The third-order valence-electron chi connectivity index (χ3n) is 3.71. The van der Waals surface area contributed by atoms with Crippen molar-refractivity contribution < 1.29 is 24.2 Å². The Hall–Kier alpha value is -2.77. The van der Waals surface area contributed by atoms with E-state index < -0.39 is 30.6 Å². The van der Waals surface area contributed by atoms with Crippen molar-refractivity contribution in [3.63, 3.8) is 0 Å². The maximum absolute atomic E-state index is 12.0. The molecule has 0 heterocycles. The number of carboxylic acids is 1. The van der Waals surface area contributed by atoms with Crippen LogP contribution in [-0.2, 0) is 27.4 Å². The summed E-state index contributed by atoms with van der Waals surface area (Å²) in [6.07, 6.45) is -0.891. The molecule has 0 unspecified atom stereocenters. The molecule has 0 saturated heterocycles. The van der Waals surface area contributed by atoms with Gasteiger partial charge < -0.3 is 20.5 Å². The number of carbonyl (C=O) groups is 3. The first-order valence-electron chi connectivity index (χ1n) is 8.26. The summed E-state index contributed by atoms with van der Waals surface area (Å²) in [5.41, 5.74) is 1.21. The van der Waals surface area contributed by atoms with Crippen LogP contribution in [0.15, 0.2) is 48.5 Å². The molecule has 0 bridgehead atoms. The van der Waals surface area contributed by atoms with Crippen LogP contribution in [0, 0.1) is 0 Å². The molecule has 148 valence electrons. The lowest BCUT2D eigenvalue weighted by molar-refractivity contribution is -0.141. The zero-order chi connectivity index (χ0) is 20.5. The Kier molecular flexibility index (Phi) is 8.10. The molecule has 2 aromatic carbocycles. The van der Waals surface area contributed by atoms with E-state index in [1.165, 1.54) is 0 Å². The average Bonchev–Trinajstić information content (AvgIpc) is 2.67. The number of benzene rings is 2. The van der Waals surface area contributed by atoms with Crippen LogP contribution in [0.3, 0.4) is 0 Å². The maximum Gasteiger partial charge on any atom is 0.407 e. The van der Waals surface area contributed by atoms with Crippen molar-refractivity contribution in [1.82, 2.24) is 10.6 Å². The second-order valence-electron chi connectivity index (χ2n) is 5.78. The van der Waals surface area contributed by atoms with Gasteiger partial charge in [-0.3, -0.25) is 4.79 Å². The lowest BCUT2D eigenvalue weighted by atomic mass is 10.1. The number of halogens is 2. The summed E-state index contributed by atoms with van der Waals surface area (Å²) in [4.78, 5) is 35.1. The third kappa shape index (κ3) is 6.75. The van der Waals surface area contributed by atoms with Crippen molar-refractivity contribution >= 4 is 41.2 Å². The van der Waals surface area contributed by atoms with E-state index in [0.29, 0.717) is 15.6 Å². The van der Waals surface area contributed by atoms with Crippen molar-refractivity contribution in [1.29, 1.82) is 0 Å². The maximum atomic E-state index is 12.0. The van der Waals surface area contributed by atoms with Crippen molar-refractivity contribution in [2.45, 2.75) is 19.1 Å². The topological polar surface area (TPSA) is 105 Å². The number of carbonyl (C=O) groups excluding carboxylic acids is 2. The van der Waals surface area contributed by atoms with Crippen LogP contribution in [0.25, 0.3) is 0 Å². The minimum absolute atomic E-state index is 0.0526. The highest BCUT2D eigenvalue weighted by Crippen LogP contribution is 2.25. The van der Waals surface area contributed by atoms with Gasteiger partial charge in [-0.2, -0.15) is 0 Å². The number of alkyl carbamates (subject to hydrolysis) is 1. The first kappa shape index (κ1) is 21.5. The van der Waals surface area contributed by atoms with Gasteiger partial charge in [-0.1, -0.05) is 59.6 Å². The van der Waals surface area contributed by atoms with E-state index in [1.807, 2.05) is 6.07 Å². The lowest BCUT2D eigenvalue weighted by Gasteiger charge is -2.16. The van der Waals surface area contributed by atoms with Crippen LogP contribution < -0.4 is 10.6 Å². The van der Waals surface area contributed by atoms with Gasteiger partial charge in [0.25, 0.3) is 0 Å². The quantitative estimate of drug-likeness (QED) is 0.603. The van der Waals surface area contributed by atoms with Crippen LogP contribution in [0.5, 0.6) is 0 Å². The molecule has 0 aliphatic rings. The Labute approximate surface area is 171 Å². The number of nitrogens with one attached hydrogen (secondary N) is 2. The summed E-state index contributed by atoms with van der Waals surface area (Å²) >= 11 is 12.1. The molecule has 0 saturated carbocycles. The standard InChI is InChI=1S/C19H18Cl2N2O5/c20-14-7-4-8-15(21)13(14)9-16(18(25)26)23-17(24)10-22-19(27)28-11-12-5-2-1-3-6-12/h1-8,16H,9-11H2,(H,22,27)(H,23,24)(H,25,26)/t16-/m1/s1. The molecule has 0 spiro atoms. The van der Waals surface area contributed by atoms with Crippen LogP contribution in [0.2, 0.25) is 10.0 Å². The molecule has 1 atom stereocenters. The highest BCUT2D eigenvalue weighted by atomic mass is 35.5. The predicted octanol–water partition coefficient (Wildman–Crippen LogP) is 3.03. The van der Waals surface area contributed by atoms with Crippen LogP contribution in [0.1, 0.15) is 11.1 Å². The number of hydrogen-bond donors (Lipinski definition) is 3. The van der Waals surface area contributed by atoms with Gasteiger partial charge in [-0.25, -0.2) is 9.59 Å². The SMILES string of the molecule is O=C(CNC(=O)OCc1ccccc1)N[C@H](Cc1c(Cl)cccc1Cl)C(=O)O. The fourth-order valence-corrected chi connectivity index (χ4v) is 2.86. The summed E-state index contributed by atoms with van der Waals surface area (Å²) < 4.78 is 4.98. The molecule has 0 aliphatic heterocycles. The fraction of sp³-hybridized carbons (Fsp3) is 0.211. The molecule has 3 N–H and O–H groups in total. The smallest absolute Gasteiger partial charge is 0.407 e. The van der Waals surface area contributed by atoms with Crippen LogP contribution >= 0.6 is 23.2 Å². The number of carboxylic acid groups (broad SMARTS) is 1. The third-order valence-corrected chi connectivity index (χ3v) is 4.42. The predicted molar refractivity (Wildman–Crippen MR) is 104 cm³/mol. The van der Waals surface area contributed by atoms with Gasteiger partial charge in [-0.15, -0.1) is 0 Å². The van der Waals surface area contributed by atoms with Crippen molar-refractivity contribution in [3.05, 3.63) is 69.7 Å². The van der Waals surface area contributed by atoms with E-state index in [9.17, 15) is 19.5 Å². The number of aliphatic carboxylic acids is 1. The Balaban J connectivity index is 1.83. The lowest BCUT2D eigenvalue weighted by Crippen LogP contribution is -2.46. The summed E-state index contributed by atoms with van der Waals surface area (Å²) in [7, 11) is 0. The summed E-state index contributed by atoms with van der Waals surface area (Å²) in [5, 5.41) is 14.5. The largest absolute Gasteiger partial charge is 0.480 e. The average molecular weight is 425 g/mol. The molecule has 9 heteroatoms. The Morgan fingerprint density at radius 1 is 1.00 bits per heavy atom. The fourth-order valence-electron chi connectivity index (χ4n) is 2.30. The molecular weight excluding hydrogens is 407 g/mol. The van der Waals surface area contributed by atoms with Gasteiger partial charge in [0, 0.05) is 16.5 Å². The minimum atomic E-state index is -1.26. The monoisotopic (exact) mass is 424 g/mol. The second-order valence-corrected chi connectivity index (χ2v) is 6.59. The molecular formula is C19H18Cl2N2O5. The van der Waals surface area contributed by atoms with Gasteiger partial charge in [0.1, 0.15) is 19.2 Å². The Morgan fingerprint density at radius 2 is 1.64 bits per heavy atom. The van der Waals surface area contributed by atoms with Crippen LogP contribution in [-0.4, -0.2) is 35.7 Å². The number of ether oxygens (including phenoxy) is 1. The molecule has 2 rings (SSSR count). The highest BCUT2D eigenvalue weighted by Gasteiger charge is 2.23. The van der Waals surface area contributed by atoms with E-state index in [-0.39, 0.29) is 13.0 Å². The number of hydrogen-bond acceptors (Lipinski definition) is 4. The van der Waals surface area contributed by atoms with Crippen molar-refractivity contribution in [2.75, 3.05) is 6.54 Å². The first-order chi connectivity index (χ1) is 13.4. The molecule has 7 nitrogen and oxygen atoms in total. The molecule has 0 aliphatic carbocycles. The summed E-state index contributed by atoms with van der Waals surface area (Å²) in [6.45, 7) is -0.384. The second kappa shape index (κ2) is 10.5. The Morgan fingerprint density at radius 3 is 2.25 bits per heavy atom. The van der Waals surface area contributed by atoms with Gasteiger partial charge in [0.2, 0.25) is 5.91 Å². The minimum Gasteiger partial charge on any atom is -0.480 e.